The normalized spacial score (nSPS) is 10.6. The number of nitrogens with one attached hydrogen (secondary N) is 1. The highest BCUT2D eigenvalue weighted by Gasteiger charge is 2.11. The van der Waals surface area contributed by atoms with Gasteiger partial charge in [0, 0.05) is 23.6 Å². The lowest BCUT2D eigenvalue weighted by atomic mass is 10.1. The number of hydrogen-bond donors (Lipinski definition) is 2. The van der Waals surface area contributed by atoms with Gasteiger partial charge in [0.15, 0.2) is 0 Å². The molecular formula is C14H18N4O2. The quantitative estimate of drug-likeness (QED) is 0.661. The molecule has 0 unspecified atom stereocenters. The topological polar surface area (TPSA) is 82.2 Å². The molecule has 6 nitrogen and oxygen atoms in total. The lowest BCUT2D eigenvalue weighted by Gasteiger charge is -2.08. The standard InChI is InChI=1S/C14H18N4O2/c1-9(2)18-8-11(7-16-18)17-10-4-5-13(15)12(6-10)14(19)20-3/h4-9,17H,15H2,1-3H3. The highest BCUT2D eigenvalue weighted by Crippen LogP contribution is 2.22. The maximum Gasteiger partial charge on any atom is 0.340 e. The molecule has 1 aromatic carbocycles. The molecule has 1 aromatic heterocycles. The fourth-order valence-corrected chi connectivity index (χ4v) is 1.77. The second-order valence-corrected chi connectivity index (χ2v) is 4.72. The van der Waals surface area contributed by atoms with Gasteiger partial charge >= 0.3 is 5.97 Å². The van der Waals surface area contributed by atoms with Crippen molar-refractivity contribution in [3.8, 4) is 0 Å². The molecule has 0 aliphatic carbocycles. The van der Waals surface area contributed by atoms with Gasteiger partial charge in [-0.15, -0.1) is 0 Å². The second kappa shape index (κ2) is 5.64. The van der Waals surface area contributed by atoms with Gasteiger partial charge < -0.3 is 15.8 Å². The molecule has 0 saturated heterocycles. The van der Waals surface area contributed by atoms with E-state index in [0.29, 0.717) is 17.3 Å². The number of nitrogen functional groups attached to an aromatic ring is 1. The molecule has 0 radical (unpaired) electrons. The van der Waals surface area contributed by atoms with Crippen LogP contribution in [0.3, 0.4) is 0 Å². The second-order valence-electron chi connectivity index (χ2n) is 4.72. The summed E-state index contributed by atoms with van der Waals surface area (Å²) in [6.07, 6.45) is 3.63. The fraction of sp³-hybridized carbons (Fsp3) is 0.286. The Morgan fingerprint density at radius 2 is 2.15 bits per heavy atom. The molecule has 20 heavy (non-hydrogen) atoms. The molecule has 0 saturated carbocycles. The molecule has 0 aliphatic heterocycles. The van der Waals surface area contributed by atoms with Crippen LogP contribution in [0.1, 0.15) is 30.2 Å². The van der Waals surface area contributed by atoms with E-state index in [9.17, 15) is 4.79 Å². The molecule has 0 fully saturated rings. The summed E-state index contributed by atoms with van der Waals surface area (Å²) in [4.78, 5) is 11.6. The third kappa shape index (κ3) is 2.90. The predicted octanol–water partition coefficient (Wildman–Crippen LogP) is 2.58. The van der Waals surface area contributed by atoms with E-state index in [0.717, 1.165) is 11.4 Å². The molecule has 106 valence electrons. The van der Waals surface area contributed by atoms with E-state index in [1.807, 2.05) is 10.9 Å². The summed E-state index contributed by atoms with van der Waals surface area (Å²) in [7, 11) is 1.33. The van der Waals surface area contributed by atoms with Gasteiger partial charge in [0.2, 0.25) is 0 Å². The van der Waals surface area contributed by atoms with Crippen molar-refractivity contribution in [2.75, 3.05) is 18.2 Å². The first-order chi connectivity index (χ1) is 9.51. The number of carbonyl (C=O) groups is 1. The number of rotatable bonds is 4. The average Bonchev–Trinajstić information content (AvgIpc) is 2.89. The highest BCUT2D eigenvalue weighted by molar-refractivity contribution is 5.96. The van der Waals surface area contributed by atoms with Crippen molar-refractivity contribution in [1.82, 2.24) is 9.78 Å². The van der Waals surface area contributed by atoms with Gasteiger partial charge in [-0.05, 0) is 32.0 Å². The van der Waals surface area contributed by atoms with Gasteiger partial charge in [0.05, 0.1) is 24.6 Å². The van der Waals surface area contributed by atoms with Crippen LogP contribution in [-0.2, 0) is 4.74 Å². The number of anilines is 3. The van der Waals surface area contributed by atoms with Crippen molar-refractivity contribution in [2.45, 2.75) is 19.9 Å². The van der Waals surface area contributed by atoms with Gasteiger partial charge in [-0.2, -0.15) is 5.10 Å². The average molecular weight is 274 g/mol. The Hall–Kier alpha value is -2.50. The Morgan fingerprint density at radius 1 is 1.40 bits per heavy atom. The molecule has 3 N–H and O–H groups in total. The van der Waals surface area contributed by atoms with Crippen LogP contribution < -0.4 is 11.1 Å². The predicted molar refractivity (Wildman–Crippen MR) is 78.1 cm³/mol. The fourth-order valence-electron chi connectivity index (χ4n) is 1.77. The third-order valence-electron chi connectivity index (χ3n) is 2.88. The Balaban J connectivity index is 2.22. The molecule has 0 spiro atoms. The summed E-state index contributed by atoms with van der Waals surface area (Å²) in [5.74, 6) is -0.455. The van der Waals surface area contributed by atoms with Crippen molar-refractivity contribution < 1.29 is 9.53 Å². The van der Waals surface area contributed by atoms with E-state index in [4.69, 9.17) is 10.5 Å². The van der Waals surface area contributed by atoms with E-state index in [1.165, 1.54) is 7.11 Å². The zero-order valence-corrected chi connectivity index (χ0v) is 11.8. The van der Waals surface area contributed by atoms with Crippen LogP contribution in [0, 0.1) is 0 Å². The van der Waals surface area contributed by atoms with Gasteiger partial charge in [0.1, 0.15) is 0 Å². The van der Waals surface area contributed by atoms with Crippen LogP contribution in [0.2, 0.25) is 0 Å². The maximum absolute atomic E-state index is 11.6. The largest absolute Gasteiger partial charge is 0.465 e. The van der Waals surface area contributed by atoms with Crippen molar-refractivity contribution >= 4 is 23.0 Å². The van der Waals surface area contributed by atoms with Crippen LogP contribution in [-0.4, -0.2) is 22.9 Å². The number of carbonyl (C=O) groups excluding carboxylic acids is 1. The Bertz CT molecular complexity index is 619. The number of nitrogens with two attached hydrogens (primary N) is 1. The summed E-state index contributed by atoms with van der Waals surface area (Å²) in [6, 6.07) is 5.42. The Kier molecular flexibility index (Phi) is 3.93. The first-order valence-electron chi connectivity index (χ1n) is 6.30. The minimum Gasteiger partial charge on any atom is -0.465 e. The van der Waals surface area contributed by atoms with E-state index in [2.05, 4.69) is 24.3 Å². The molecule has 0 amide bonds. The van der Waals surface area contributed by atoms with Crippen LogP contribution in [0.25, 0.3) is 0 Å². The summed E-state index contributed by atoms with van der Waals surface area (Å²) in [6.45, 7) is 4.10. The molecule has 2 rings (SSSR count). The number of methoxy groups -OCH3 is 1. The Labute approximate surface area is 117 Å². The SMILES string of the molecule is COC(=O)c1cc(Nc2cnn(C(C)C)c2)ccc1N. The number of nitrogens with zero attached hydrogens (tertiary/aromatic N) is 2. The van der Waals surface area contributed by atoms with Gasteiger partial charge in [0.25, 0.3) is 0 Å². The first-order valence-corrected chi connectivity index (χ1v) is 6.30. The Morgan fingerprint density at radius 3 is 2.75 bits per heavy atom. The molecule has 6 heteroatoms. The van der Waals surface area contributed by atoms with E-state index in [-0.39, 0.29) is 0 Å². The summed E-state index contributed by atoms with van der Waals surface area (Å²) < 4.78 is 6.54. The van der Waals surface area contributed by atoms with Crippen molar-refractivity contribution in [2.24, 2.45) is 0 Å². The molecule has 0 atom stereocenters. The number of aromatic nitrogens is 2. The number of ether oxygens (including phenoxy) is 1. The van der Waals surface area contributed by atoms with Crippen LogP contribution in [0.5, 0.6) is 0 Å². The van der Waals surface area contributed by atoms with E-state index < -0.39 is 5.97 Å². The summed E-state index contributed by atoms with van der Waals surface area (Å²) in [5.41, 5.74) is 8.09. The smallest absolute Gasteiger partial charge is 0.340 e. The molecule has 1 heterocycles. The zero-order chi connectivity index (χ0) is 14.7. The minimum atomic E-state index is -0.455. The monoisotopic (exact) mass is 274 g/mol. The lowest BCUT2D eigenvalue weighted by molar-refractivity contribution is 0.0602. The number of hydrogen-bond acceptors (Lipinski definition) is 5. The van der Waals surface area contributed by atoms with Crippen molar-refractivity contribution in [3.05, 3.63) is 36.2 Å². The van der Waals surface area contributed by atoms with Gasteiger partial charge in [-0.1, -0.05) is 0 Å². The highest BCUT2D eigenvalue weighted by atomic mass is 16.5. The minimum absolute atomic E-state index is 0.294. The molecule has 2 aromatic rings. The van der Waals surface area contributed by atoms with E-state index in [1.54, 1.807) is 24.4 Å². The van der Waals surface area contributed by atoms with Gasteiger partial charge in [-0.3, -0.25) is 4.68 Å². The lowest BCUT2D eigenvalue weighted by Crippen LogP contribution is -2.06. The molecule has 0 bridgehead atoms. The maximum atomic E-state index is 11.6. The zero-order valence-electron chi connectivity index (χ0n) is 11.8. The van der Waals surface area contributed by atoms with Crippen LogP contribution in [0.15, 0.2) is 30.6 Å². The third-order valence-corrected chi connectivity index (χ3v) is 2.88. The van der Waals surface area contributed by atoms with Gasteiger partial charge in [-0.25, -0.2) is 4.79 Å². The van der Waals surface area contributed by atoms with Crippen LogP contribution in [0.4, 0.5) is 17.1 Å². The van der Waals surface area contributed by atoms with E-state index >= 15 is 0 Å². The van der Waals surface area contributed by atoms with Crippen LogP contribution >= 0.6 is 0 Å². The summed E-state index contributed by atoms with van der Waals surface area (Å²) in [5, 5.41) is 7.42. The number of benzene rings is 1. The molecular weight excluding hydrogens is 256 g/mol. The summed E-state index contributed by atoms with van der Waals surface area (Å²) >= 11 is 0. The van der Waals surface area contributed by atoms with Crippen molar-refractivity contribution in [3.63, 3.8) is 0 Å². The molecule has 0 aliphatic rings. The van der Waals surface area contributed by atoms with Crippen molar-refractivity contribution in [1.29, 1.82) is 0 Å². The first kappa shape index (κ1) is 13.9. The number of esters is 1.